The molecule has 0 N–H and O–H groups in total. The molecule has 1 rings (SSSR count). The monoisotopic (exact) mass is 284 g/mol. The van der Waals surface area contributed by atoms with Crippen molar-refractivity contribution < 1.29 is 17.6 Å². The van der Waals surface area contributed by atoms with Crippen LogP contribution in [0.3, 0.4) is 0 Å². The number of aryl methyl sites for hydroxylation is 1. The van der Waals surface area contributed by atoms with E-state index < -0.39 is 18.8 Å². The summed E-state index contributed by atoms with van der Waals surface area (Å²) in [6.45, 7) is 0. The summed E-state index contributed by atoms with van der Waals surface area (Å²) in [6, 6.07) is 6.86. The quantitative estimate of drug-likeness (QED) is 0.727. The Balaban J connectivity index is 2.55. The Bertz CT molecular complexity index is 321. The Morgan fingerprint density at radius 2 is 1.80 bits per heavy atom. The third-order valence-electron chi connectivity index (χ3n) is 1.98. The third-order valence-corrected chi connectivity index (χ3v) is 2.75. The standard InChI is InChI=1S/C10H9BrF4/c11-8-4-2-1-3-7(8)5-6-9(12)10(13,14)15/h1-4,9H,5-6H2. The molecule has 0 bridgehead atoms. The van der Waals surface area contributed by atoms with Gasteiger partial charge in [-0.1, -0.05) is 34.1 Å². The van der Waals surface area contributed by atoms with E-state index in [1.165, 1.54) is 0 Å². The average Bonchev–Trinajstić information content (AvgIpc) is 2.14. The van der Waals surface area contributed by atoms with E-state index in [1.807, 2.05) is 0 Å². The molecule has 1 aromatic rings. The zero-order valence-electron chi connectivity index (χ0n) is 7.69. The molecule has 0 saturated heterocycles. The third kappa shape index (κ3) is 3.81. The molecule has 1 aromatic carbocycles. The zero-order chi connectivity index (χ0) is 11.5. The van der Waals surface area contributed by atoms with Gasteiger partial charge in [-0.2, -0.15) is 13.2 Å². The highest BCUT2D eigenvalue weighted by atomic mass is 79.9. The fourth-order valence-electron chi connectivity index (χ4n) is 1.15. The molecule has 0 fully saturated rings. The molecule has 0 aliphatic heterocycles. The van der Waals surface area contributed by atoms with Crippen LogP contribution < -0.4 is 0 Å². The summed E-state index contributed by atoms with van der Waals surface area (Å²) in [5.41, 5.74) is 0.685. The van der Waals surface area contributed by atoms with Gasteiger partial charge < -0.3 is 0 Å². The maximum absolute atomic E-state index is 12.6. The molecular weight excluding hydrogens is 276 g/mol. The second-order valence-corrected chi connectivity index (χ2v) is 3.99. The van der Waals surface area contributed by atoms with Crippen LogP contribution in [0, 0.1) is 0 Å². The normalized spacial score (nSPS) is 13.9. The van der Waals surface area contributed by atoms with Crippen LogP contribution >= 0.6 is 15.9 Å². The molecule has 1 atom stereocenters. The Labute approximate surface area is 93.4 Å². The van der Waals surface area contributed by atoms with Crippen molar-refractivity contribution in [3.63, 3.8) is 0 Å². The fraction of sp³-hybridized carbons (Fsp3) is 0.400. The van der Waals surface area contributed by atoms with E-state index in [-0.39, 0.29) is 6.42 Å². The Morgan fingerprint density at radius 1 is 1.20 bits per heavy atom. The molecule has 0 heterocycles. The highest BCUT2D eigenvalue weighted by Crippen LogP contribution is 2.27. The lowest BCUT2D eigenvalue weighted by Crippen LogP contribution is -2.24. The molecule has 0 aliphatic carbocycles. The Hall–Kier alpha value is -0.580. The van der Waals surface area contributed by atoms with Crippen molar-refractivity contribution in [3.05, 3.63) is 34.3 Å². The molecule has 0 amide bonds. The lowest BCUT2D eigenvalue weighted by molar-refractivity contribution is -0.181. The molecule has 1 unspecified atom stereocenters. The van der Waals surface area contributed by atoms with Crippen LogP contribution in [0.15, 0.2) is 28.7 Å². The van der Waals surface area contributed by atoms with Crippen molar-refractivity contribution in [1.29, 1.82) is 0 Å². The van der Waals surface area contributed by atoms with E-state index in [0.29, 0.717) is 10.0 Å². The van der Waals surface area contributed by atoms with Crippen molar-refractivity contribution >= 4 is 15.9 Å². The Kier molecular flexibility index (Phi) is 4.13. The summed E-state index contributed by atoms with van der Waals surface area (Å²) in [4.78, 5) is 0. The minimum atomic E-state index is -4.75. The number of halogens is 5. The predicted molar refractivity (Wildman–Crippen MR) is 53.4 cm³/mol. The molecule has 5 heteroatoms. The lowest BCUT2D eigenvalue weighted by atomic mass is 10.1. The number of benzene rings is 1. The van der Waals surface area contributed by atoms with Gasteiger partial charge in [0, 0.05) is 4.47 Å². The molecule has 0 spiro atoms. The largest absolute Gasteiger partial charge is 0.419 e. The number of alkyl halides is 4. The van der Waals surface area contributed by atoms with Crippen molar-refractivity contribution in [3.8, 4) is 0 Å². The molecule has 0 aliphatic rings. The van der Waals surface area contributed by atoms with E-state index in [9.17, 15) is 17.6 Å². The SMILES string of the molecule is FC(CCc1ccccc1Br)C(F)(F)F. The van der Waals surface area contributed by atoms with Crippen molar-refractivity contribution in [2.75, 3.05) is 0 Å². The number of hydrogen-bond acceptors (Lipinski definition) is 0. The fourth-order valence-corrected chi connectivity index (χ4v) is 1.63. The minimum Gasteiger partial charge on any atom is -0.237 e. The summed E-state index contributed by atoms with van der Waals surface area (Å²) >= 11 is 3.19. The van der Waals surface area contributed by atoms with Gasteiger partial charge in [0.05, 0.1) is 0 Å². The van der Waals surface area contributed by atoms with Crippen LogP contribution in [0.5, 0.6) is 0 Å². The second-order valence-electron chi connectivity index (χ2n) is 3.14. The smallest absolute Gasteiger partial charge is 0.237 e. The maximum atomic E-state index is 12.6. The van der Waals surface area contributed by atoms with Crippen molar-refractivity contribution in [2.24, 2.45) is 0 Å². The van der Waals surface area contributed by atoms with Crippen LogP contribution in [0.25, 0.3) is 0 Å². The lowest BCUT2D eigenvalue weighted by Gasteiger charge is -2.12. The van der Waals surface area contributed by atoms with Gasteiger partial charge in [0.15, 0.2) is 6.17 Å². The van der Waals surface area contributed by atoms with Crippen LogP contribution in [0.1, 0.15) is 12.0 Å². The van der Waals surface area contributed by atoms with E-state index in [2.05, 4.69) is 15.9 Å². The van der Waals surface area contributed by atoms with Gasteiger partial charge >= 0.3 is 6.18 Å². The molecular formula is C10H9BrF4. The number of hydrogen-bond donors (Lipinski definition) is 0. The first kappa shape index (κ1) is 12.5. The second kappa shape index (κ2) is 4.96. The first-order chi connectivity index (χ1) is 6.91. The van der Waals surface area contributed by atoms with Crippen molar-refractivity contribution in [2.45, 2.75) is 25.2 Å². The van der Waals surface area contributed by atoms with Gasteiger partial charge in [-0.3, -0.25) is 0 Å². The first-order valence-electron chi connectivity index (χ1n) is 4.35. The highest BCUT2D eigenvalue weighted by molar-refractivity contribution is 9.10. The Morgan fingerprint density at radius 3 is 2.33 bits per heavy atom. The molecule has 0 aromatic heterocycles. The van der Waals surface area contributed by atoms with E-state index in [4.69, 9.17) is 0 Å². The summed E-state index contributed by atoms with van der Waals surface area (Å²) in [5, 5.41) is 0. The molecule has 84 valence electrons. The van der Waals surface area contributed by atoms with Gasteiger partial charge in [0.25, 0.3) is 0 Å². The summed E-state index contributed by atoms with van der Waals surface area (Å²) in [5.74, 6) is 0. The predicted octanol–water partition coefficient (Wildman–Crippen LogP) is 4.28. The molecule has 0 nitrogen and oxygen atoms in total. The summed E-state index contributed by atoms with van der Waals surface area (Å²) < 4.78 is 48.9. The van der Waals surface area contributed by atoms with Gasteiger partial charge in [0.1, 0.15) is 0 Å². The van der Waals surface area contributed by atoms with Gasteiger partial charge in [0.2, 0.25) is 0 Å². The zero-order valence-corrected chi connectivity index (χ0v) is 9.28. The van der Waals surface area contributed by atoms with Gasteiger partial charge in [-0.25, -0.2) is 4.39 Å². The van der Waals surface area contributed by atoms with E-state index >= 15 is 0 Å². The van der Waals surface area contributed by atoms with Crippen LogP contribution in [-0.2, 0) is 6.42 Å². The minimum absolute atomic E-state index is 0.0715. The van der Waals surface area contributed by atoms with Crippen LogP contribution in [0.4, 0.5) is 17.6 Å². The highest BCUT2D eigenvalue weighted by Gasteiger charge is 2.39. The van der Waals surface area contributed by atoms with Crippen LogP contribution in [0.2, 0.25) is 0 Å². The maximum Gasteiger partial charge on any atom is 0.419 e. The van der Waals surface area contributed by atoms with E-state index in [0.717, 1.165) is 0 Å². The average molecular weight is 285 g/mol. The summed E-state index contributed by atoms with van der Waals surface area (Å²) in [6.07, 6.45) is -7.96. The van der Waals surface area contributed by atoms with Crippen LogP contribution in [-0.4, -0.2) is 12.3 Å². The van der Waals surface area contributed by atoms with Crippen molar-refractivity contribution in [1.82, 2.24) is 0 Å². The topological polar surface area (TPSA) is 0 Å². The van der Waals surface area contributed by atoms with E-state index in [1.54, 1.807) is 24.3 Å². The van der Waals surface area contributed by atoms with Gasteiger partial charge in [-0.15, -0.1) is 0 Å². The summed E-state index contributed by atoms with van der Waals surface area (Å²) in [7, 11) is 0. The molecule has 0 saturated carbocycles. The van der Waals surface area contributed by atoms with Gasteiger partial charge in [-0.05, 0) is 24.5 Å². The molecule has 15 heavy (non-hydrogen) atoms. The first-order valence-corrected chi connectivity index (χ1v) is 5.14. The number of rotatable bonds is 3. The molecule has 0 radical (unpaired) electrons.